The van der Waals surface area contributed by atoms with E-state index in [9.17, 15) is 13.2 Å². The van der Waals surface area contributed by atoms with Crippen molar-refractivity contribution < 1.29 is 17.9 Å². The smallest absolute Gasteiger partial charge is 0.264 e. The van der Waals surface area contributed by atoms with Gasteiger partial charge in [-0.2, -0.15) is 0 Å². The maximum Gasteiger partial charge on any atom is 0.264 e. The molecule has 1 spiro atoms. The Balaban J connectivity index is 1.51. The van der Waals surface area contributed by atoms with Crippen LogP contribution in [0.4, 0.5) is 0 Å². The molecule has 5 nitrogen and oxygen atoms in total. The first-order chi connectivity index (χ1) is 11.9. The number of hydrogen-bond donors (Lipinski definition) is 0. The number of hydrogen-bond acceptors (Lipinski definition) is 5. The van der Waals surface area contributed by atoms with Crippen molar-refractivity contribution >= 4 is 27.1 Å². The molecular weight excluding hydrogens is 358 g/mol. The van der Waals surface area contributed by atoms with Gasteiger partial charge in [0.05, 0.1) is 11.4 Å². The van der Waals surface area contributed by atoms with Crippen molar-refractivity contribution in [3.8, 4) is 5.75 Å². The van der Waals surface area contributed by atoms with Crippen LogP contribution in [0, 0.1) is 0 Å². The molecule has 1 amide bonds. The summed E-state index contributed by atoms with van der Waals surface area (Å²) in [5, 5.41) is 0. The van der Waals surface area contributed by atoms with E-state index in [2.05, 4.69) is 6.07 Å². The summed E-state index contributed by atoms with van der Waals surface area (Å²) in [6.07, 6.45) is 3.81. The Morgan fingerprint density at radius 3 is 2.76 bits per heavy atom. The van der Waals surface area contributed by atoms with Gasteiger partial charge in [0.25, 0.3) is 5.91 Å². The van der Waals surface area contributed by atoms with E-state index in [0.29, 0.717) is 18.0 Å². The van der Waals surface area contributed by atoms with Gasteiger partial charge in [0.15, 0.2) is 9.84 Å². The van der Waals surface area contributed by atoms with E-state index < -0.39 is 9.84 Å². The molecule has 132 valence electrons. The van der Waals surface area contributed by atoms with Gasteiger partial charge in [-0.3, -0.25) is 4.79 Å². The fraction of sp³-hybridized carbons (Fsp3) is 0.389. The zero-order valence-corrected chi connectivity index (χ0v) is 15.5. The second-order valence-corrected chi connectivity index (χ2v) is 10.1. The van der Waals surface area contributed by atoms with Crippen LogP contribution in [0.3, 0.4) is 0 Å². The van der Waals surface area contributed by atoms with E-state index >= 15 is 0 Å². The first kappa shape index (κ1) is 16.6. The molecule has 1 aromatic carbocycles. The fourth-order valence-electron chi connectivity index (χ4n) is 3.55. The standard InChI is InChI=1S/C18H19NO4S2/c1-25(21,22)16-7-6-15(24-16)17(20)19-11-10-18(12-19)9-8-13-4-2-3-5-14(13)23-18/h2-7H,8-12H2,1H3. The molecule has 4 rings (SSSR count). The van der Waals surface area contributed by atoms with Crippen LogP contribution in [-0.4, -0.2) is 44.2 Å². The average Bonchev–Trinajstić information content (AvgIpc) is 3.22. The molecule has 1 aromatic heterocycles. The monoisotopic (exact) mass is 377 g/mol. The van der Waals surface area contributed by atoms with Gasteiger partial charge in [0, 0.05) is 19.2 Å². The molecule has 1 atom stereocenters. The van der Waals surface area contributed by atoms with Crippen LogP contribution in [0.15, 0.2) is 40.6 Å². The number of likely N-dealkylation sites (tertiary alicyclic amines) is 1. The number of ether oxygens (including phenoxy) is 1. The third kappa shape index (κ3) is 3.06. The minimum absolute atomic E-state index is 0.112. The number of sulfone groups is 1. The second-order valence-electron chi connectivity index (χ2n) is 6.76. The summed E-state index contributed by atoms with van der Waals surface area (Å²) < 4.78 is 29.7. The van der Waals surface area contributed by atoms with Crippen LogP contribution in [0.5, 0.6) is 5.75 Å². The number of nitrogens with zero attached hydrogens (tertiary/aromatic N) is 1. The van der Waals surface area contributed by atoms with E-state index in [1.807, 2.05) is 18.2 Å². The van der Waals surface area contributed by atoms with Gasteiger partial charge >= 0.3 is 0 Å². The molecule has 0 saturated carbocycles. The quantitative estimate of drug-likeness (QED) is 0.807. The van der Waals surface area contributed by atoms with Gasteiger partial charge in [-0.1, -0.05) is 18.2 Å². The number of carbonyl (C=O) groups is 1. The molecule has 1 saturated heterocycles. The minimum atomic E-state index is -3.28. The van der Waals surface area contributed by atoms with Crippen LogP contribution >= 0.6 is 11.3 Å². The third-order valence-electron chi connectivity index (χ3n) is 4.91. The van der Waals surface area contributed by atoms with Gasteiger partial charge in [0.2, 0.25) is 0 Å². The Labute approximate surface area is 151 Å². The van der Waals surface area contributed by atoms with Crippen molar-refractivity contribution in [3.05, 3.63) is 46.8 Å². The van der Waals surface area contributed by atoms with Crippen molar-refractivity contribution in [1.29, 1.82) is 0 Å². The number of amides is 1. The normalized spacial score (nSPS) is 22.7. The molecule has 3 heterocycles. The molecule has 1 unspecified atom stereocenters. The molecule has 0 aliphatic carbocycles. The third-order valence-corrected chi connectivity index (χ3v) is 7.80. The van der Waals surface area contributed by atoms with E-state index in [1.165, 1.54) is 11.6 Å². The zero-order chi connectivity index (χ0) is 17.7. The summed E-state index contributed by atoms with van der Waals surface area (Å²) in [6, 6.07) is 11.2. The number of para-hydroxylation sites is 1. The summed E-state index contributed by atoms with van der Waals surface area (Å²) in [6.45, 7) is 1.18. The summed E-state index contributed by atoms with van der Waals surface area (Å²) in [5.74, 6) is 0.803. The number of thiophene rings is 1. The molecule has 1 fully saturated rings. The van der Waals surface area contributed by atoms with Crippen LogP contribution in [-0.2, 0) is 16.3 Å². The highest BCUT2D eigenvalue weighted by molar-refractivity contribution is 7.92. The van der Waals surface area contributed by atoms with E-state index in [-0.39, 0.29) is 15.7 Å². The Morgan fingerprint density at radius 2 is 2.00 bits per heavy atom. The van der Waals surface area contributed by atoms with E-state index in [4.69, 9.17) is 4.74 Å². The molecule has 7 heteroatoms. The maximum atomic E-state index is 12.7. The van der Waals surface area contributed by atoms with Crippen LogP contribution < -0.4 is 4.74 Å². The Kier molecular flexibility index (Phi) is 3.88. The fourth-order valence-corrected chi connectivity index (χ4v) is 5.45. The van der Waals surface area contributed by atoms with Gasteiger partial charge in [0.1, 0.15) is 15.6 Å². The van der Waals surface area contributed by atoms with Crippen molar-refractivity contribution in [2.24, 2.45) is 0 Å². The topological polar surface area (TPSA) is 63.7 Å². The SMILES string of the molecule is CS(=O)(=O)c1ccc(C(=O)N2CCC3(CCc4ccccc4O3)C2)s1. The number of aryl methyl sites for hydroxylation is 1. The molecule has 2 aliphatic rings. The van der Waals surface area contributed by atoms with Crippen LogP contribution in [0.1, 0.15) is 28.1 Å². The van der Waals surface area contributed by atoms with Gasteiger partial charge in [-0.05, 0) is 36.6 Å². The first-order valence-electron chi connectivity index (χ1n) is 8.22. The number of rotatable bonds is 2. The molecule has 25 heavy (non-hydrogen) atoms. The average molecular weight is 377 g/mol. The number of carbonyl (C=O) groups excluding carboxylic acids is 1. The van der Waals surface area contributed by atoms with Gasteiger partial charge in [-0.25, -0.2) is 8.42 Å². The predicted octanol–water partition coefficient (Wildman–Crippen LogP) is 2.76. The first-order valence-corrected chi connectivity index (χ1v) is 10.9. The number of benzene rings is 1. The van der Waals surface area contributed by atoms with E-state index in [0.717, 1.165) is 42.6 Å². The predicted molar refractivity (Wildman–Crippen MR) is 96.1 cm³/mol. The molecule has 0 radical (unpaired) electrons. The van der Waals surface area contributed by atoms with Crippen molar-refractivity contribution in [2.75, 3.05) is 19.3 Å². The molecule has 2 aromatic rings. The molecule has 0 N–H and O–H groups in total. The van der Waals surface area contributed by atoms with Crippen molar-refractivity contribution in [2.45, 2.75) is 29.1 Å². The highest BCUT2D eigenvalue weighted by Gasteiger charge is 2.44. The molecule has 0 bridgehead atoms. The van der Waals surface area contributed by atoms with Crippen LogP contribution in [0.2, 0.25) is 0 Å². The lowest BCUT2D eigenvalue weighted by Crippen LogP contribution is -2.43. The summed E-state index contributed by atoms with van der Waals surface area (Å²) in [4.78, 5) is 15.0. The highest BCUT2D eigenvalue weighted by atomic mass is 32.2. The Morgan fingerprint density at radius 1 is 1.20 bits per heavy atom. The van der Waals surface area contributed by atoms with Crippen molar-refractivity contribution in [3.63, 3.8) is 0 Å². The zero-order valence-electron chi connectivity index (χ0n) is 13.9. The summed E-state index contributed by atoms with van der Waals surface area (Å²) >= 11 is 1.04. The van der Waals surface area contributed by atoms with Gasteiger partial charge < -0.3 is 9.64 Å². The minimum Gasteiger partial charge on any atom is -0.485 e. The maximum absolute atomic E-state index is 12.7. The Hall–Kier alpha value is -1.86. The van der Waals surface area contributed by atoms with Gasteiger partial charge in [-0.15, -0.1) is 11.3 Å². The lowest BCUT2D eigenvalue weighted by atomic mass is 9.90. The second kappa shape index (κ2) is 5.85. The van der Waals surface area contributed by atoms with E-state index in [1.54, 1.807) is 11.0 Å². The Bertz CT molecular complexity index is 934. The molecule has 2 aliphatic heterocycles. The highest BCUT2D eigenvalue weighted by Crippen LogP contribution is 2.39. The largest absolute Gasteiger partial charge is 0.485 e. The lowest BCUT2D eigenvalue weighted by Gasteiger charge is -2.35. The summed E-state index contributed by atoms with van der Waals surface area (Å²) in [7, 11) is -3.28. The van der Waals surface area contributed by atoms with Crippen LogP contribution in [0.25, 0.3) is 0 Å². The number of fused-ring (bicyclic) bond motifs is 1. The van der Waals surface area contributed by atoms with Crippen molar-refractivity contribution in [1.82, 2.24) is 4.90 Å². The molecular formula is C18H19NO4S2. The lowest BCUT2D eigenvalue weighted by molar-refractivity contribution is 0.0486. The summed E-state index contributed by atoms with van der Waals surface area (Å²) in [5.41, 5.74) is 0.898.